The first-order chi connectivity index (χ1) is 31.1. The van der Waals surface area contributed by atoms with E-state index < -0.39 is 0 Å². The van der Waals surface area contributed by atoms with Crippen LogP contribution >= 0.6 is 0 Å². The summed E-state index contributed by atoms with van der Waals surface area (Å²) in [5.74, 6) is 0. The van der Waals surface area contributed by atoms with E-state index in [0.717, 1.165) is 5.69 Å². The van der Waals surface area contributed by atoms with Gasteiger partial charge in [0.15, 0.2) is 0 Å². The summed E-state index contributed by atoms with van der Waals surface area (Å²) < 4.78 is 2.46. The predicted molar refractivity (Wildman–Crippen MR) is 271 cm³/mol. The third kappa shape index (κ3) is 5.58. The Morgan fingerprint density at radius 3 is 1.67 bits per heavy atom. The monoisotopic (exact) mass is 822 g/mol. The lowest BCUT2D eigenvalue weighted by atomic mass is 9.82. The zero-order valence-corrected chi connectivity index (χ0v) is 37.4. The van der Waals surface area contributed by atoms with E-state index in [2.05, 4.69) is 245 Å². The molecule has 0 saturated heterocycles. The number of aromatic nitrogens is 1. The Labute approximate surface area is 376 Å². The topological polar surface area (TPSA) is 8.17 Å². The number of para-hydroxylation sites is 1. The molecule has 0 spiro atoms. The summed E-state index contributed by atoms with van der Waals surface area (Å²) in [7, 11) is 0. The molecule has 64 heavy (non-hydrogen) atoms. The number of aryl methyl sites for hydroxylation is 2. The van der Waals surface area contributed by atoms with Gasteiger partial charge in [-0.2, -0.15) is 0 Å². The molecule has 0 unspecified atom stereocenters. The number of hydrogen-bond donors (Lipinski definition) is 0. The summed E-state index contributed by atoms with van der Waals surface area (Å²) in [4.78, 5) is 2.52. The molecule has 0 fully saturated rings. The Kier molecular flexibility index (Phi) is 8.40. The molecule has 10 aromatic rings. The maximum atomic E-state index is 2.52. The van der Waals surface area contributed by atoms with Crippen LogP contribution in [0.3, 0.4) is 0 Å². The van der Waals surface area contributed by atoms with E-state index in [0.29, 0.717) is 0 Å². The van der Waals surface area contributed by atoms with Crippen molar-refractivity contribution in [2.24, 2.45) is 0 Å². The SMILES string of the molecule is Cc1cc(-c2ccccc2)cc(C)c1N(c1ccc(-c2ccc3c(c2)c2cc4c(cc2n3-c2ccccc2)C(C)(C)c2ccccc2-4)cc1)c1cccc2c1-c1ccccc1C2(C)C. The van der Waals surface area contributed by atoms with Crippen LogP contribution in [0.5, 0.6) is 0 Å². The summed E-state index contributed by atoms with van der Waals surface area (Å²) in [6.45, 7) is 14.0. The van der Waals surface area contributed by atoms with E-state index in [4.69, 9.17) is 0 Å². The second-order valence-corrected chi connectivity index (χ2v) is 19.1. The minimum Gasteiger partial charge on any atom is -0.309 e. The number of rotatable bonds is 6. The first kappa shape index (κ1) is 38.3. The zero-order valence-electron chi connectivity index (χ0n) is 37.4. The fraction of sp³-hybridized carbons (Fsp3) is 0.129. The number of benzene rings is 9. The fourth-order valence-electron chi connectivity index (χ4n) is 11.5. The van der Waals surface area contributed by atoms with Gasteiger partial charge < -0.3 is 9.47 Å². The fourth-order valence-corrected chi connectivity index (χ4v) is 11.5. The van der Waals surface area contributed by atoms with E-state index in [1.165, 1.54) is 117 Å². The average molecular weight is 823 g/mol. The van der Waals surface area contributed by atoms with E-state index in [9.17, 15) is 0 Å². The van der Waals surface area contributed by atoms with Gasteiger partial charge in [0.25, 0.3) is 0 Å². The van der Waals surface area contributed by atoms with Crippen LogP contribution in [0.1, 0.15) is 61.1 Å². The lowest BCUT2D eigenvalue weighted by Crippen LogP contribution is -2.17. The lowest BCUT2D eigenvalue weighted by molar-refractivity contribution is 0.660. The first-order valence-electron chi connectivity index (χ1n) is 22.7. The minimum atomic E-state index is -0.110. The molecule has 12 rings (SSSR count). The third-order valence-electron chi connectivity index (χ3n) is 14.6. The van der Waals surface area contributed by atoms with Crippen molar-refractivity contribution in [3.63, 3.8) is 0 Å². The van der Waals surface area contributed by atoms with E-state index in [-0.39, 0.29) is 10.8 Å². The van der Waals surface area contributed by atoms with Crippen molar-refractivity contribution in [1.29, 1.82) is 0 Å². The Hall–Kier alpha value is -7.42. The second-order valence-electron chi connectivity index (χ2n) is 19.1. The van der Waals surface area contributed by atoms with Gasteiger partial charge in [-0.1, -0.05) is 155 Å². The summed E-state index contributed by atoms with van der Waals surface area (Å²) in [5, 5.41) is 2.54. The van der Waals surface area contributed by atoms with Crippen molar-refractivity contribution in [3.8, 4) is 50.2 Å². The van der Waals surface area contributed by atoms with Crippen molar-refractivity contribution in [1.82, 2.24) is 4.57 Å². The maximum Gasteiger partial charge on any atom is 0.0544 e. The van der Waals surface area contributed by atoms with Crippen LogP contribution in [-0.2, 0) is 10.8 Å². The smallest absolute Gasteiger partial charge is 0.0544 e. The van der Waals surface area contributed by atoms with E-state index in [1.807, 2.05) is 0 Å². The van der Waals surface area contributed by atoms with Crippen molar-refractivity contribution >= 4 is 38.9 Å². The number of fused-ring (bicyclic) bond motifs is 9. The number of anilines is 3. The average Bonchev–Trinajstić information content (AvgIpc) is 3.86. The van der Waals surface area contributed by atoms with E-state index in [1.54, 1.807) is 0 Å². The summed E-state index contributed by atoms with van der Waals surface area (Å²) in [5.41, 5.74) is 25.2. The highest BCUT2D eigenvalue weighted by Gasteiger charge is 2.39. The van der Waals surface area contributed by atoms with Gasteiger partial charge in [0, 0.05) is 38.5 Å². The van der Waals surface area contributed by atoms with Gasteiger partial charge in [-0.3, -0.25) is 0 Å². The normalized spacial score (nSPS) is 14.0. The summed E-state index contributed by atoms with van der Waals surface area (Å²) in [6, 6.07) is 72.4. The summed E-state index contributed by atoms with van der Waals surface area (Å²) in [6.07, 6.45) is 0. The Morgan fingerprint density at radius 2 is 0.953 bits per heavy atom. The maximum absolute atomic E-state index is 2.52. The van der Waals surface area contributed by atoms with Crippen LogP contribution < -0.4 is 4.90 Å². The molecule has 0 atom stereocenters. The molecule has 1 aromatic heterocycles. The van der Waals surface area contributed by atoms with Gasteiger partial charge in [0.05, 0.1) is 22.4 Å². The Balaban J connectivity index is 1.03. The number of hydrogen-bond acceptors (Lipinski definition) is 1. The first-order valence-corrected chi connectivity index (χ1v) is 22.7. The molecule has 0 saturated carbocycles. The quantitative estimate of drug-likeness (QED) is 0.162. The van der Waals surface area contributed by atoms with Gasteiger partial charge in [-0.05, 0) is 153 Å². The summed E-state index contributed by atoms with van der Waals surface area (Å²) >= 11 is 0. The van der Waals surface area contributed by atoms with Crippen molar-refractivity contribution in [2.45, 2.75) is 52.4 Å². The number of nitrogens with zero attached hydrogens (tertiary/aromatic N) is 2. The van der Waals surface area contributed by atoms with Gasteiger partial charge in [-0.15, -0.1) is 0 Å². The molecule has 308 valence electrons. The molecule has 2 heteroatoms. The van der Waals surface area contributed by atoms with E-state index >= 15 is 0 Å². The van der Waals surface area contributed by atoms with Crippen LogP contribution in [-0.4, -0.2) is 4.57 Å². The molecule has 2 aliphatic carbocycles. The molecule has 1 heterocycles. The predicted octanol–water partition coefficient (Wildman–Crippen LogP) is 16.8. The van der Waals surface area contributed by atoms with Gasteiger partial charge >= 0.3 is 0 Å². The molecule has 0 amide bonds. The Morgan fingerprint density at radius 1 is 0.391 bits per heavy atom. The molecular weight excluding hydrogens is 773 g/mol. The van der Waals surface area contributed by atoms with Crippen LogP contribution in [0.4, 0.5) is 17.1 Å². The van der Waals surface area contributed by atoms with Gasteiger partial charge in [0.1, 0.15) is 0 Å². The minimum absolute atomic E-state index is 0.0840. The van der Waals surface area contributed by atoms with Crippen molar-refractivity contribution in [3.05, 3.63) is 228 Å². The molecule has 2 nitrogen and oxygen atoms in total. The largest absolute Gasteiger partial charge is 0.309 e. The third-order valence-corrected chi connectivity index (χ3v) is 14.6. The standard InChI is InChI=1S/C62H50N2/c1-39-34-44(41-18-9-7-10-19-41)35-40(2)60(39)64(57-27-17-26-54-59(57)48-23-14-16-25-53(48)61(54,3)4)46-31-28-42(29-32-46)43-30-33-56-50(36-43)51-37-49-47-22-13-15-24-52(47)62(5,6)55(49)38-58(51)63(56)45-20-11-8-12-21-45/h7-38H,1-6H3. The molecular formula is C62H50N2. The molecule has 0 N–H and O–H groups in total. The molecule has 0 aliphatic heterocycles. The van der Waals surface area contributed by atoms with Gasteiger partial charge in [-0.25, -0.2) is 0 Å². The van der Waals surface area contributed by atoms with Crippen LogP contribution in [0.25, 0.3) is 72.0 Å². The molecule has 9 aromatic carbocycles. The van der Waals surface area contributed by atoms with Gasteiger partial charge in [0.2, 0.25) is 0 Å². The highest BCUT2D eigenvalue weighted by molar-refractivity contribution is 6.13. The molecule has 2 aliphatic rings. The van der Waals surface area contributed by atoms with Crippen LogP contribution in [0.15, 0.2) is 194 Å². The molecule has 0 bridgehead atoms. The lowest BCUT2D eigenvalue weighted by Gasteiger charge is -2.31. The Bertz CT molecular complexity index is 3470. The van der Waals surface area contributed by atoms with Crippen molar-refractivity contribution in [2.75, 3.05) is 4.90 Å². The second kappa shape index (κ2) is 14.0. The highest BCUT2D eigenvalue weighted by Crippen LogP contribution is 2.55. The van der Waals surface area contributed by atoms with Crippen molar-refractivity contribution < 1.29 is 0 Å². The van der Waals surface area contributed by atoms with Crippen LogP contribution in [0, 0.1) is 13.8 Å². The van der Waals surface area contributed by atoms with Crippen LogP contribution in [0.2, 0.25) is 0 Å². The molecule has 0 radical (unpaired) electrons. The zero-order chi connectivity index (χ0) is 43.5. The highest BCUT2D eigenvalue weighted by atomic mass is 15.1.